The summed E-state index contributed by atoms with van der Waals surface area (Å²) in [6.07, 6.45) is 7.65. The Kier molecular flexibility index (Phi) is 6.38. The van der Waals surface area contributed by atoms with Gasteiger partial charge in [0.1, 0.15) is 0 Å². The maximum Gasteiger partial charge on any atom is 0.404 e. The van der Waals surface area contributed by atoms with E-state index in [9.17, 15) is 4.79 Å². The van der Waals surface area contributed by atoms with Crippen LogP contribution in [0.1, 0.15) is 44.1 Å². The number of anilines is 1. The first-order valence-electron chi connectivity index (χ1n) is 8.03. The van der Waals surface area contributed by atoms with Crippen molar-refractivity contribution < 1.29 is 9.90 Å². The summed E-state index contributed by atoms with van der Waals surface area (Å²) < 4.78 is 0. The standard InChI is InChI=1S/C17H26N2O2/c20-17(21)18-11-5-9-14-8-4-10-16(12-14)19-13-15-6-2-1-3-7-15/h4,8,10,12,15,18-19H,1-3,5-7,9,11,13H2,(H,20,21). The van der Waals surface area contributed by atoms with E-state index in [0.717, 1.165) is 25.3 Å². The van der Waals surface area contributed by atoms with E-state index in [1.54, 1.807) is 0 Å². The zero-order valence-electron chi connectivity index (χ0n) is 12.6. The summed E-state index contributed by atoms with van der Waals surface area (Å²) in [6.45, 7) is 1.58. The number of carboxylic acid groups (broad SMARTS) is 1. The van der Waals surface area contributed by atoms with Gasteiger partial charge in [0, 0.05) is 18.8 Å². The number of rotatable bonds is 7. The molecule has 0 unspecified atom stereocenters. The van der Waals surface area contributed by atoms with Crippen LogP contribution in [0.3, 0.4) is 0 Å². The Hall–Kier alpha value is -1.71. The number of nitrogens with one attached hydrogen (secondary N) is 2. The monoisotopic (exact) mass is 290 g/mol. The third-order valence-electron chi connectivity index (χ3n) is 4.17. The van der Waals surface area contributed by atoms with Gasteiger partial charge in [0.15, 0.2) is 0 Å². The predicted molar refractivity (Wildman–Crippen MR) is 85.9 cm³/mol. The van der Waals surface area contributed by atoms with E-state index in [-0.39, 0.29) is 0 Å². The molecular weight excluding hydrogens is 264 g/mol. The number of amides is 1. The van der Waals surface area contributed by atoms with E-state index < -0.39 is 6.09 Å². The predicted octanol–water partition coefficient (Wildman–Crippen LogP) is 3.88. The highest BCUT2D eigenvalue weighted by atomic mass is 16.4. The number of hydrogen-bond acceptors (Lipinski definition) is 2. The summed E-state index contributed by atoms with van der Waals surface area (Å²) in [5.74, 6) is 0.821. The molecule has 116 valence electrons. The first-order valence-corrected chi connectivity index (χ1v) is 8.03. The second kappa shape index (κ2) is 8.55. The van der Waals surface area contributed by atoms with Crippen molar-refractivity contribution in [3.05, 3.63) is 29.8 Å². The van der Waals surface area contributed by atoms with Crippen LogP contribution in [0.2, 0.25) is 0 Å². The van der Waals surface area contributed by atoms with Gasteiger partial charge in [0.05, 0.1) is 0 Å². The highest BCUT2D eigenvalue weighted by Crippen LogP contribution is 2.24. The van der Waals surface area contributed by atoms with Gasteiger partial charge < -0.3 is 15.7 Å². The van der Waals surface area contributed by atoms with Crippen LogP contribution in [0.5, 0.6) is 0 Å². The Balaban J connectivity index is 1.73. The lowest BCUT2D eigenvalue weighted by atomic mass is 9.89. The lowest BCUT2D eigenvalue weighted by molar-refractivity contribution is 0.194. The second-order valence-electron chi connectivity index (χ2n) is 5.92. The van der Waals surface area contributed by atoms with Crippen LogP contribution in [0, 0.1) is 5.92 Å². The normalized spacial score (nSPS) is 15.6. The molecule has 4 heteroatoms. The SMILES string of the molecule is O=C(O)NCCCc1cccc(NCC2CCCCC2)c1. The quantitative estimate of drug-likeness (QED) is 0.668. The molecule has 0 aliphatic heterocycles. The molecule has 4 nitrogen and oxygen atoms in total. The molecule has 1 saturated carbocycles. The van der Waals surface area contributed by atoms with Crippen molar-refractivity contribution in [1.29, 1.82) is 0 Å². The fourth-order valence-corrected chi connectivity index (χ4v) is 2.98. The largest absolute Gasteiger partial charge is 0.465 e. The highest BCUT2D eigenvalue weighted by Gasteiger charge is 2.12. The molecule has 21 heavy (non-hydrogen) atoms. The van der Waals surface area contributed by atoms with Crippen LogP contribution in [0.4, 0.5) is 10.5 Å². The van der Waals surface area contributed by atoms with E-state index in [4.69, 9.17) is 5.11 Å². The van der Waals surface area contributed by atoms with E-state index in [2.05, 4.69) is 34.9 Å². The smallest absolute Gasteiger partial charge is 0.404 e. The van der Waals surface area contributed by atoms with E-state index in [0.29, 0.717) is 6.54 Å². The number of aryl methyl sites for hydroxylation is 1. The van der Waals surface area contributed by atoms with Crippen molar-refractivity contribution in [3.8, 4) is 0 Å². The summed E-state index contributed by atoms with van der Waals surface area (Å²) in [7, 11) is 0. The molecule has 0 heterocycles. The topological polar surface area (TPSA) is 61.4 Å². The Bertz CT molecular complexity index is 442. The van der Waals surface area contributed by atoms with Crippen molar-refractivity contribution in [2.24, 2.45) is 5.92 Å². The van der Waals surface area contributed by atoms with Gasteiger partial charge in [0.2, 0.25) is 0 Å². The fourth-order valence-electron chi connectivity index (χ4n) is 2.98. The molecule has 0 atom stereocenters. The maximum atomic E-state index is 10.4. The molecule has 1 fully saturated rings. The molecule has 1 aliphatic rings. The Morgan fingerprint density at radius 2 is 2.05 bits per heavy atom. The minimum atomic E-state index is -0.946. The Morgan fingerprint density at radius 3 is 2.81 bits per heavy atom. The fraction of sp³-hybridized carbons (Fsp3) is 0.588. The first kappa shape index (κ1) is 15.7. The highest BCUT2D eigenvalue weighted by molar-refractivity contribution is 5.64. The first-order chi connectivity index (χ1) is 10.2. The van der Waals surface area contributed by atoms with Crippen LogP contribution < -0.4 is 10.6 Å². The third-order valence-corrected chi connectivity index (χ3v) is 4.17. The Labute approximate surface area is 126 Å². The minimum Gasteiger partial charge on any atom is -0.465 e. The van der Waals surface area contributed by atoms with Gasteiger partial charge in [-0.15, -0.1) is 0 Å². The van der Waals surface area contributed by atoms with Crippen molar-refractivity contribution in [3.63, 3.8) is 0 Å². The second-order valence-corrected chi connectivity index (χ2v) is 5.92. The van der Waals surface area contributed by atoms with Crippen LogP contribution in [0.25, 0.3) is 0 Å². The van der Waals surface area contributed by atoms with Crippen molar-refractivity contribution in [2.75, 3.05) is 18.4 Å². The average Bonchev–Trinajstić information content (AvgIpc) is 2.51. The summed E-state index contributed by atoms with van der Waals surface area (Å²) in [5, 5.41) is 14.5. The molecule has 0 spiro atoms. The van der Waals surface area contributed by atoms with Gasteiger partial charge >= 0.3 is 6.09 Å². The molecular formula is C17H26N2O2. The van der Waals surface area contributed by atoms with Gasteiger partial charge in [-0.3, -0.25) is 0 Å². The summed E-state index contributed by atoms with van der Waals surface area (Å²) in [6, 6.07) is 8.47. The van der Waals surface area contributed by atoms with Crippen LogP contribution in [0.15, 0.2) is 24.3 Å². The van der Waals surface area contributed by atoms with Gasteiger partial charge in [-0.1, -0.05) is 31.4 Å². The van der Waals surface area contributed by atoms with Crippen molar-refractivity contribution in [2.45, 2.75) is 44.9 Å². The maximum absolute atomic E-state index is 10.4. The Morgan fingerprint density at radius 1 is 1.24 bits per heavy atom. The zero-order chi connectivity index (χ0) is 14.9. The molecule has 1 aromatic carbocycles. The molecule has 0 radical (unpaired) electrons. The minimum absolute atomic E-state index is 0.509. The van der Waals surface area contributed by atoms with E-state index in [1.165, 1.54) is 43.4 Å². The van der Waals surface area contributed by atoms with Gasteiger partial charge in [0.25, 0.3) is 0 Å². The third kappa shape index (κ3) is 6.06. The molecule has 1 amide bonds. The van der Waals surface area contributed by atoms with Crippen molar-refractivity contribution >= 4 is 11.8 Å². The molecule has 0 bridgehead atoms. The van der Waals surface area contributed by atoms with E-state index in [1.807, 2.05) is 0 Å². The van der Waals surface area contributed by atoms with Gasteiger partial charge in [-0.25, -0.2) is 4.79 Å². The molecule has 0 saturated heterocycles. The summed E-state index contributed by atoms with van der Waals surface area (Å²) in [4.78, 5) is 10.4. The summed E-state index contributed by atoms with van der Waals surface area (Å²) in [5.41, 5.74) is 2.44. The molecule has 3 N–H and O–H groups in total. The molecule has 2 rings (SSSR count). The zero-order valence-corrected chi connectivity index (χ0v) is 12.6. The van der Waals surface area contributed by atoms with Crippen LogP contribution >= 0.6 is 0 Å². The summed E-state index contributed by atoms with van der Waals surface area (Å²) >= 11 is 0. The van der Waals surface area contributed by atoms with Gasteiger partial charge in [-0.05, 0) is 49.3 Å². The van der Waals surface area contributed by atoms with Crippen molar-refractivity contribution in [1.82, 2.24) is 5.32 Å². The van der Waals surface area contributed by atoms with E-state index >= 15 is 0 Å². The molecule has 0 aromatic heterocycles. The lowest BCUT2D eigenvalue weighted by Gasteiger charge is -2.22. The average molecular weight is 290 g/mol. The van der Waals surface area contributed by atoms with Gasteiger partial charge in [-0.2, -0.15) is 0 Å². The number of carbonyl (C=O) groups is 1. The van der Waals surface area contributed by atoms with Crippen LogP contribution in [-0.4, -0.2) is 24.3 Å². The number of hydrogen-bond donors (Lipinski definition) is 3. The van der Waals surface area contributed by atoms with Crippen LogP contribution in [-0.2, 0) is 6.42 Å². The molecule has 1 aromatic rings. The molecule has 1 aliphatic carbocycles. The lowest BCUT2D eigenvalue weighted by Crippen LogP contribution is -2.22. The number of benzene rings is 1.